The number of nitrogens with one attached hydrogen (secondary N) is 2. The molecule has 140 valence electrons. The first-order valence-corrected chi connectivity index (χ1v) is 9.05. The highest BCUT2D eigenvalue weighted by Crippen LogP contribution is 2.14. The lowest BCUT2D eigenvalue weighted by Crippen LogP contribution is -2.46. The van der Waals surface area contributed by atoms with Crippen LogP contribution in [0.1, 0.15) is 49.4 Å². The van der Waals surface area contributed by atoms with E-state index in [9.17, 15) is 9.59 Å². The average molecular weight is 368 g/mol. The number of benzene rings is 1. The smallest absolute Gasteiger partial charge is 0.251 e. The molecule has 6 heteroatoms. The Labute approximate surface area is 157 Å². The van der Waals surface area contributed by atoms with Gasteiger partial charge < -0.3 is 15.5 Å². The van der Waals surface area contributed by atoms with E-state index in [1.807, 2.05) is 18.2 Å². The first kappa shape index (κ1) is 21.5. The van der Waals surface area contributed by atoms with Crippen molar-refractivity contribution in [2.24, 2.45) is 0 Å². The Kier molecular flexibility index (Phi) is 10.2. The van der Waals surface area contributed by atoms with Crippen LogP contribution < -0.4 is 10.6 Å². The number of piperidine rings is 1. The topological polar surface area (TPSA) is 61.4 Å². The fourth-order valence-electron chi connectivity index (χ4n) is 3.15. The summed E-state index contributed by atoms with van der Waals surface area (Å²) in [6.45, 7) is 5.46. The zero-order valence-electron chi connectivity index (χ0n) is 15.0. The maximum Gasteiger partial charge on any atom is 0.251 e. The molecule has 2 N–H and O–H groups in total. The second kappa shape index (κ2) is 11.9. The SMILES string of the molecule is CCCN(C(=O)CCCNC(=O)c1ccccc1)C1CCNCC1.Cl. The van der Waals surface area contributed by atoms with E-state index >= 15 is 0 Å². The number of carbonyl (C=O) groups is 2. The van der Waals surface area contributed by atoms with Crippen LogP contribution in [0.25, 0.3) is 0 Å². The molecule has 0 radical (unpaired) electrons. The summed E-state index contributed by atoms with van der Waals surface area (Å²) >= 11 is 0. The summed E-state index contributed by atoms with van der Waals surface area (Å²) in [7, 11) is 0. The molecule has 0 aliphatic carbocycles. The van der Waals surface area contributed by atoms with E-state index in [1.54, 1.807) is 12.1 Å². The van der Waals surface area contributed by atoms with Crippen molar-refractivity contribution >= 4 is 24.2 Å². The van der Waals surface area contributed by atoms with E-state index in [1.165, 1.54) is 0 Å². The molecule has 0 aromatic heterocycles. The summed E-state index contributed by atoms with van der Waals surface area (Å²) in [5.41, 5.74) is 0.658. The number of halogens is 1. The third-order valence-electron chi connectivity index (χ3n) is 4.42. The van der Waals surface area contributed by atoms with Gasteiger partial charge in [-0.3, -0.25) is 9.59 Å². The summed E-state index contributed by atoms with van der Waals surface area (Å²) < 4.78 is 0. The van der Waals surface area contributed by atoms with Gasteiger partial charge in [0.1, 0.15) is 0 Å². The number of hydrogen-bond donors (Lipinski definition) is 2. The lowest BCUT2D eigenvalue weighted by molar-refractivity contribution is -0.134. The monoisotopic (exact) mass is 367 g/mol. The Morgan fingerprint density at radius 3 is 2.52 bits per heavy atom. The molecule has 0 spiro atoms. The molecule has 1 aliphatic heterocycles. The minimum atomic E-state index is -0.0770. The van der Waals surface area contributed by atoms with E-state index in [2.05, 4.69) is 22.5 Å². The van der Waals surface area contributed by atoms with Gasteiger partial charge in [0.05, 0.1) is 0 Å². The summed E-state index contributed by atoms with van der Waals surface area (Å²) in [4.78, 5) is 26.6. The highest BCUT2D eigenvalue weighted by atomic mass is 35.5. The molecule has 1 aliphatic rings. The average Bonchev–Trinajstić information content (AvgIpc) is 2.64. The van der Waals surface area contributed by atoms with Gasteiger partial charge >= 0.3 is 0 Å². The number of rotatable bonds is 8. The first-order chi connectivity index (χ1) is 11.7. The van der Waals surface area contributed by atoms with Gasteiger partial charge in [-0.05, 0) is 50.9 Å². The van der Waals surface area contributed by atoms with Gasteiger partial charge in [-0.1, -0.05) is 25.1 Å². The van der Waals surface area contributed by atoms with Crippen molar-refractivity contribution in [1.29, 1.82) is 0 Å². The van der Waals surface area contributed by atoms with Crippen molar-refractivity contribution in [3.63, 3.8) is 0 Å². The van der Waals surface area contributed by atoms with Gasteiger partial charge in [-0.2, -0.15) is 0 Å². The summed E-state index contributed by atoms with van der Waals surface area (Å²) in [5.74, 6) is 0.143. The van der Waals surface area contributed by atoms with Gasteiger partial charge in [-0.15, -0.1) is 12.4 Å². The van der Waals surface area contributed by atoms with Crippen molar-refractivity contribution in [3.8, 4) is 0 Å². The molecular formula is C19H30ClN3O2. The number of carbonyl (C=O) groups excluding carboxylic acids is 2. The van der Waals surface area contributed by atoms with Crippen LogP contribution in [0.2, 0.25) is 0 Å². The Morgan fingerprint density at radius 1 is 1.20 bits per heavy atom. The number of amides is 2. The summed E-state index contributed by atoms with van der Waals surface area (Å²) in [6, 6.07) is 9.54. The van der Waals surface area contributed by atoms with Crippen LogP contribution in [-0.4, -0.2) is 48.9 Å². The fourth-order valence-corrected chi connectivity index (χ4v) is 3.15. The van der Waals surface area contributed by atoms with Gasteiger partial charge in [0.2, 0.25) is 5.91 Å². The highest BCUT2D eigenvalue weighted by molar-refractivity contribution is 5.94. The second-order valence-corrected chi connectivity index (χ2v) is 6.29. The van der Waals surface area contributed by atoms with Gasteiger partial charge in [0.25, 0.3) is 5.91 Å². The Hall–Kier alpha value is -1.59. The molecule has 0 atom stereocenters. The van der Waals surface area contributed by atoms with Crippen LogP contribution in [0, 0.1) is 0 Å². The van der Waals surface area contributed by atoms with Gasteiger partial charge in [0, 0.05) is 31.1 Å². The molecule has 1 aromatic rings. The van der Waals surface area contributed by atoms with Crippen molar-refractivity contribution in [3.05, 3.63) is 35.9 Å². The standard InChI is InChI=1S/C19H29N3O2.ClH/c1-2-15-22(17-10-13-20-14-11-17)18(23)9-6-12-21-19(24)16-7-4-3-5-8-16;/h3-5,7-8,17,20H,2,6,9-15H2,1H3,(H,21,24);1H. The number of hydrogen-bond acceptors (Lipinski definition) is 3. The zero-order valence-corrected chi connectivity index (χ0v) is 15.8. The lowest BCUT2D eigenvalue weighted by Gasteiger charge is -2.34. The van der Waals surface area contributed by atoms with Crippen molar-refractivity contribution in [1.82, 2.24) is 15.5 Å². The normalized spacial score (nSPS) is 14.4. The van der Waals surface area contributed by atoms with Crippen LogP contribution in [-0.2, 0) is 4.79 Å². The molecule has 2 amide bonds. The highest BCUT2D eigenvalue weighted by Gasteiger charge is 2.24. The van der Waals surface area contributed by atoms with Gasteiger partial charge in [0.15, 0.2) is 0 Å². The molecule has 0 bridgehead atoms. The van der Waals surface area contributed by atoms with E-state index in [4.69, 9.17) is 0 Å². The molecule has 25 heavy (non-hydrogen) atoms. The third-order valence-corrected chi connectivity index (χ3v) is 4.42. The quantitative estimate of drug-likeness (QED) is 0.694. The Morgan fingerprint density at radius 2 is 1.88 bits per heavy atom. The zero-order chi connectivity index (χ0) is 17.2. The molecule has 1 saturated heterocycles. The molecule has 0 saturated carbocycles. The Bertz CT molecular complexity index is 519. The van der Waals surface area contributed by atoms with E-state index < -0.39 is 0 Å². The molecule has 1 aromatic carbocycles. The van der Waals surface area contributed by atoms with Crippen LogP contribution >= 0.6 is 12.4 Å². The van der Waals surface area contributed by atoms with E-state index in [-0.39, 0.29) is 24.2 Å². The van der Waals surface area contributed by atoms with E-state index in [0.29, 0.717) is 31.0 Å². The largest absolute Gasteiger partial charge is 0.352 e. The van der Waals surface area contributed by atoms with E-state index in [0.717, 1.165) is 38.9 Å². The molecule has 5 nitrogen and oxygen atoms in total. The number of nitrogens with zero attached hydrogens (tertiary/aromatic N) is 1. The molecule has 2 rings (SSSR count). The minimum Gasteiger partial charge on any atom is -0.352 e. The minimum absolute atomic E-state index is 0. The predicted octanol–water partition coefficient (Wildman–Crippen LogP) is 2.61. The first-order valence-electron chi connectivity index (χ1n) is 9.05. The molecule has 1 heterocycles. The van der Waals surface area contributed by atoms with Crippen LogP contribution in [0.4, 0.5) is 0 Å². The predicted molar refractivity (Wildman–Crippen MR) is 103 cm³/mol. The van der Waals surface area contributed by atoms with Crippen molar-refractivity contribution in [2.75, 3.05) is 26.2 Å². The van der Waals surface area contributed by atoms with Crippen molar-refractivity contribution < 1.29 is 9.59 Å². The lowest BCUT2D eigenvalue weighted by atomic mass is 10.0. The third kappa shape index (κ3) is 7.04. The van der Waals surface area contributed by atoms with Gasteiger partial charge in [-0.25, -0.2) is 0 Å². The maximum atomic E-state index is 12.5. The van der Waals surface area contributed by atoms with Crippen LogP contribution in [0.15, 0.2) is 30.3 Å². The fraction of sp³-hybridized carbons (Fsp3) is 0.579. The second-order valence-electron chi connectivity index (χ2n) is 6.29. The molecule has 0 unspecified atom stereocenters. The Balaban J connectivity index is 0.00000312. The maximum absolute atomic E-state index is 12.5. The van der Waals surface area contributed by atoms with Crippen molar-refractivity contribution in [2.45, 2.75) is 45.1 Å². The summed E-state index contributed by atoms with van der Waals surface area (Å²) in [5, 5.41) is 6.23. The molecule has 1 fully saturated rings. The molecular weight excluding hydrogens is 338 g/mol. The van der Waals surface area contributed by atoms with Crippen LogP contribution in [0.5, 0.6) is 0 Å². The van der Waals surface area contributed by atoms with Crippen LogP contribution in [0.3, 0.4) is 0 Å². The summed E-state index contributed by atoms with van der Waals surface area (Å²) in [6.07, 6.45) is 4.25.